The molecule has 0 aliphatic heterocycles. The van der Waals surface area contributed by atoms with E-state index in [1.807, 2.05) is 19.1 Å². The third-order valence-corrected chi connectivity index (χ3v) is 3.52. The first-order chi connectivity index (χ1) is 13.0. The Labute approximate surface area is 157 Å². The molecule has 0 aliphatic carbocycles. The van der Waals surface area contributed by atoms with E-state index in [2.05, 4.69) is 5.32 Å². The molecule has 27 heavy (non-hydrogen) atoms. The van der Waals surface area contributed by atoms with Gasteiger partial charge in [0.05, 0.1) is 6.61 Å². The second-order valence-corrected chi connectivity index (χ2v) is 5.62. The van der Waals surface area contributed by atoms with Gasteiger partial charge in [0, 0.05) is 17.3 Å². The van der Waals surface area contributed by atoms with Crippen LogP contribution in [-0.4, -0.2) is 30.9 Å². The molecule has 140 valence electrons. The van der Waals surface area contributed by atoms with Crippen molar-refractivity contribution >= 4 is 29.4 Å². The van der Waals surface area contributed by atoms with E-state index in [1.165, 1.54) is 13.0 Å². The Bertz CT molecular complexity index is 823. The van der Waals surface area contributed by atoms with Crippen molar-refractivity contribution in [3.63, 3.8) is 0 Å². The number of anilines is 1. The van der Waals surface area contributed by atoms with Gasteiger partial charge in [0.25, 0.3) is 5.91 Å². The van der Waals surface area contributed by atoms with Crippen LogP contribution in [-0.2, 0) is 14.3 Å². The number of carbonyl (C=O) groups excluding carboxylic acids is 3. The smallest absolute Gasteiger partial charge is 0.331 e. The molecule has 2 rings (SSSR count). The van der Waals surface area contributed by atoms with Crippen molar-refractivity contribution in [2.24, 2.45) is 0 Å². The predicted octanol–water partition coefficient (Wildman–Crippen LogP) is 3.48. The monoisotopic (exact) mass is 367 g/mol. The second-order valence-electron chi connectivity index (χ2n) is 5.62. The van der Waals surface area contributed by atoms with Crippen LogP contribution < -0.4 is 10.1 Å². The minimum atomic E-state index is -0.619. The maximum absolute atomic E-state index is 11.8. The van der Waals surface area contributed by atoms with Gasteiger partial charge < -0.3 is 14.8 Å². The highest BCUT2D eigenvalue weighted by atomic mass is 16.5. The summed E-state index contributed by atoms with van der Waals surface area (Å²) in [6.45, 7) is 3.56. The Morgan fingerprint density at radius 1 is 1.00 bits per heavy atom. The Hall–Kier alpha value is -3.41. The quantitative estimate of drug-likeness (QED) is 0.439. The third kappa shape index (κ3) is 6.78. The lowest BCUT2D eigenvalue weighted by Gasteiger charge is -2.06. The summed E-state index contributed by atoms with van der Waals surface area (Å²) in [6.07, 6.45) is 2.85. The summed E-state index contributed by atoms with van der Waals surface area (Å²) >= 11 is 0. The summed E-state index contributed by atoms with van der Waals surface area (Å²) in [5.74, 6) is -0.384. The van der Waals surface area contributed by atoms with Crippen LogP contribution in [0, 0.1) is 0 Å². The van der Waals surface area contributed by atoms with Crippen molar-refractivity contribution in [1.82, 2.24) is 0 Å². The van der Waals surface area contributed by atoms with Gasteiger partial charge in [0.15, 0.2) is 12.4 Å². The van der Waals surface area contributed by atoms with Crippen molar-refractivity contribution in [2.75, 3.05) is 18.5 Å². The second kappa shape index (κ2) is 9.91. The fourth-order valence-corrected chi connectivity index (χ4v) is 2.18. The highest BCUT2D eigenvalue weighted by Gasteiger charge is 2.06. The Morgan fingerprint density at radius 2 is 1.67 bits per heavy atom. The number of nitrogens with one attached hydrogen (secondary N) is 1. The Morgan fingerprint density at radius 3 is 2.26 bits per heavy atom. The maximum atomic E-state index is 11.8. The number of carbonyl (C=O) groups is 3. The molecule has 0 atom stereocenters. The standard InChI is InChI=1S/C21H21NO5/c1-3-26-19-11-4-16(5-12-19)6-13-21(25)27-14-20(24)22-18-9-7-17(8-10-18)15(2)23/h4-13H,3,14H2,1-2H3,(H,22,24)/b13-6+. The zero-order chi connectivity index (χ0) is 19.6. The molecule has 6 heteroatoms. The molecule has 2 aromatic carbocycles. The van der Waals surface area contributed by atoms with E-state index in [0.717, 1.165) is 11.3 Å². The van der Waals surface area contributed by atoms with Crippen LogP contribution in [0.5, 0.6) is 5.75 Å². The molecule has 1 N–H and O–H groups in total. The number of benzene rings is 2. The SMILES string of the molecule is CCOc1ccc(/C=C/C(=O)OCC(=O)Nc2ccc(C(C)=O)cc2)cc1. The van der Waals surface area contributed by atoms with E-state index in [1.54, 1.807) is 42.5 Å². The average molecular weight is 367 g/mol. The van der Waals surface area contributed by atoms with Gasteiger partial charge in [-0.15, -0.1) is 0 Å². The molecule has 1 amide bonds. The lowest BCUT2D eigenvalue weighted by atomic mass is 10.1. The number of amides is 1. The van der Waals surface area contributed by atoms with Gasteiger partial charge in [0.2, 0.25) is 0 Å². The van der Waals surface area contributed by atoms with Crippen LogP contribution in [0.1, 0.15) is 29.8 Å². The van der Waals surface area contributed by atoms with Gasteiger partial charge in [-0.3, -0.25) is 9.59 Å². The number of ketones is 1. The van der Waals surface area contributed by atoms with E-state index in [9.17, 15) is 14.4 Å². The largest absolute Gasteiger partial charge is 0.494 e. The van der Waals surface area contributed by atoms with Crippen LogP contribution in [0.4, 0.5) is 5.69 Å². The summed E-state index contributed by atoms with van der Waals surface area (Å²) in [6, 6.07) is 13.7. The van der Waals surface area contributed by atoms with Crippen LogP contribution in [0.2, 0.25) is 0 Å². The molecular weight excluding hydrogens is 346 g/mol. The van der Waals surface area contributed by atoms with Gasteiger partial charge in [-0.05, 0) is 61.9 Å². The summed E-state index contributed by atoms with van der Waals surface area (Å²) in [5, 5.41) is 2.59. The fourth-order valence-electron chi connectivity index (χ4n) is 2.18. The maximum Gasteiger partial charge on any atom is 0.331 e. The van der Waals surface area contributed by atoms with Crippen molar-refractivity contribution in [1.29, 1.82) is 0 Å². The molecule has 0 aromatic heterocycles. The number of hydrogen-bond donors (Lipinski definition) is 1. The molecule has 0 bridgehead atoms. The first kappa shape index (κ1) is 19.9. The summed E-state index contributed by atoms with van der Waals surface area (Å²) < 4.78 is 10.2. The number of hydrogen-bond acceptors (Lipinski definition) is 5. The topological polar surface area (TPSA) is 81.7 Å². The van der Waals surface area contributed by atoms with Crippen molar-refractivity contribution in [3.8, 4) is 5.75 Å². The van der Waals surface area contributed by atoms with E-state index >= 15 is 0 Å². The van der Waals surface area contributed by atoms with Crippen molar-refractivity contribution in [2.45, 2.75) is 13.8 Å². The Kier molecular flexibility index (Phi) is 7.31. The summed E-state index contributed by atoms with van der Waals surface area (Å²) in [5.41, 5.74) is 1.88. The molecule has 0 saturated heterocycles. The third-order valence-electron chi connectivity index (χ3n) is 3.52. The van der Waals surface area contributed by atoms with Gasteiger partial charge in [-0.25, -0.2) is 4.79 Å². The molecule has 6 nitrogen and oxygen atoms in total. The zero-order valence-corrected chi connectivity index (χ0v) is 15.2. The normalized spacial score (nSPS) is 10.4. The molecular formula is C21H21NO5. The average Bonchev–Trinajstić information content (AvgIpc) is 2.66. The van der Waals surface area contributed by atoms with Gasteiger partial charge >= 0.3 is 5.97 Å². The van der Waals surface area contributed by atoms with E-state index in [-0.39, 0.29) is 5.78 Å². The first-order valence-electron chi connectivity index (χ1n) is 8.46. The molecule has 0 spiro atoms. The lowest BCUT2D eigenvalue weighted by Crippen LogP contribution is -2.20. The molecule has 0 heterocycles. The van der Waals surface area contributed by atoms with Gasteiger partial charge in [-0.1, -0.05) is 12.1 Å². The number of Topliss-reactive ketones (excluding diaryl/α,β-unsaturated/α-hetero) is 1. The molecule has 0 unspecified atom stereocenters. The van der Waals surface area contributed by atoms with Crippen LogP contribution in [0.3, 0.4) is 0 Å². The van der Waals surface area contributed by atoms with Gasteiger partial charge in [-0.2, -0.15) is 0 Å². The van der Waals surface area contributed by atoms with Crippen molar-refractivity contribution < 1.29 is 23.9 Å². The first-order valence-corrected chi connectivity index (χ1v) is 8.46. The van der Waals surface area contributed by atoms with Crippen LogP contribution >= 0.6 is 0 Å². The zero-order valence-electron chi connectivity index (χ0n) is 15.2. The predicted molar refractivity (Wildman–Crippen MR) is 103 cm³/mol. The van der Waals surface area contributed by atoms with Gasteiger partial charge in [0.1, 0.15) is 5.75 Å². The molecule has 0 fully saturated rings. The summed E-state index contributed by atoms with van der Waals surface area (Å²) in [7, 11) is 0. The molecule has 0 saturated carbocycles. The van der Waals surface area contributed by atoms with E-state index < -0.39 is 18.5 Å². The van der Waals surface area contributed by atoms with Crippen LogP contribution in [0.15, 0.2) is 54.6 Å². The molecule has 2 aromatic rings. The number of ether oxygens (including phenoxy) is 2. The fraction of sp³-hybridized carbons (Fsp3) is 0.190. The number of esters is 1. The summed E-state index contributed by atoms with van der Waals surface area (Å²) in [4.78, 5) is 34.7. The Balaban J connectivity index is 1.78. The number of rotatable bonds is 8. The minimum Gasteiger partial charge on any atom is -0.494 e. The molecule has 0 radical (unpaired) electrons. The molecule has 0 aliphatic rings. The van der Waals surface area contributed by atoms with Crippen molar-refractivity contribution in [3.05, 3.63) is 65.7 Å². The highest BCUT2D eigenvalue weighted by Crippen LogP contribution is 2.13. The van der Waals surface area contributed by atoms with Crippen LogP contribution in [0.25, 0.3) is 6.08 Å². The van der Waals surface area contributed by atoms with E-state index in [0.29, 0.717) is 17.9 Å². The highest BCUT2D eigenvalue weighted by molar-refractivity contribution is 5.96. The lowest BCUT2D eigenvalue weighted by molar-refractivity contribution is -0.142. The minimum absolute atomic E-state index is 0.0545. The van der Waals surface area contributed by atoms with E-state index in [4.69, 9.17) is 9.47 Å².